The van der Waals surface area contributed by atoms with E-state index in [2.05, 4.69) is 11.5 Å². The van der Waals surface area contributed by atoms with Crippen LogP contribution in [0, 0.1) is 5.41 Å². The fraction of sp³-hybridized carbons (Fsp3) is 0.714. The first-order valence-electron chi connectivity index (χ1n) is 4.23. The minimum atomic E-state index is -1.62. The van der Waals surface area contributed by atoms with Crippen LogP contribution < -0.4 is 17.2 Å². The highest BCUT2D eigenvalue weighted by atomic mass is 16.4. The zero-order valence-electron chi connectivity index (χ0n) is 8.52. The number of nitrogens with one attached hydrogen (secondary N) is 1. The number of aliphatic hydroxyl groups excluding tert-OH is 4. The molecule has 96 valence electrons. The Bertz CT molecular complexity index is 211. The van der Waals surface area contributed by atoms with Crippen molar-refractivity contribution in [2.75, 3.05) is 6.61 Å². The number of carbonyl (C=O) groups excluding carboxylic acids is 1. The minimum Gasteiger partial charge on any atom is -0.394 e. The van der Waals surface area contributed by atoms with Crippen molar-refractivity contribution in [2.45, 2.75) is 24.4 Å². The molecule has 0 saturated heterocycles. The third kappa shape index (κ3) is 8.08. The third-order valence-electron chi connectivity index (χ3n) is 1.48. The van der Waals surface area contributed by atoms with Gasteiger partial charge in [-0.3, -0.25) is 5.41 Å². The first kappa shape index (κ1) is 17.1. The average molecular weight is 238 g/mol. The molecule has 0 aromatic rings. The van der Waals surface area contributed by atoms with E-state index in [0.717, 1.165) is 0 Å². The number of carbonyl (C=O) groups is 1. The Morgan fingerprint density at radius 2 is 1.62 bits per heavy atom. The molecule has 0 heterocycles. The lowest BCUT2D eigenvalue weighted by Gasteiger charge is -2.23. The van der Waals surface area contributed by atoms with Crippen LogP contribution in [0.4, 0.5) is 0 Å². The molecular weight excluding hydrogens is 220 g/mol. The standard InChI is InChI=1S/C6H13NO5.CH5N3/c7-3(1-8)5(11)6(12)4(10)2-9;2-1(3)4/h1,3-6,9-12H,2,7H2;(H5,2,3,4)/t3-,4+,5+,6+;/m0./s1. The second-order valence-corrected chi connectivity index (χ2v) is 2.90. The second kappa shape index (κ2) is 9.00. The van der Waals surface area contributed by atoms with Crippen molar-refractivity contribution in [1.29, 1.82) is 5.41 Å². The van der Waals surface area contributed by atoms with Gasteiger partial charge in [-0.25, -0.2) is 0 Å². The summed E-state index contributed by atoms with van der Waals surface area (Å²) in [5, 5.41) is 41.2. The molecule has 0 aromatic heterocycles. The van der Waals surface area contributed by atoms with Gasteiger partial charge in [0.15, 0.2) is 5.96 Å². The smallest absolute Gasteiger partial charge is 0.183 e. The Hall–Kier alpha value is -1.26. The number of aliphatic hydroxyl groups is 4. The molecule has 0 rings (SSSR count). The van der Waals surface area contributed by atoms with Gasteiger partial charge in [0.05, 0.1) is 12.6 Å². The predicted octanol–water partition coefficient (Wildman–Crippen LogP) is -4.57. The largest absolute Gasteiger partial charge is 0.394 e. The first-order valence-corrected chi connectivity index (χ1v) is 4.23. The molecule has 0 saturated carbocycles. The molecule has 0 bridgehead atoms. The molecule has 0 aromatic carbocycles. The van der Waals surface area contributed by atoms with Crippen molar-refractivity contribution in [3.8, 4) is 0 Å². The van der Waals surface area contributed by atoms with Crippen molar-refractivity contribution in [2.24, 2.45) is 17.2 Å². The lowest BCUT2D eigenvalue weighted by Crippen LogP contribution is -2.49. The predicted molar refractivity (Wildman–Crippen MR) is 55.2 cm³/mol. The summed E-state index contributed by atoms with van der Waals surface area (Å²) in [7, 11) is 0. The van der Waals surface area contributed by atoms with E-state index in [9.17, 15) is 4.79 Å². The highest BCUT2D eigenvalue weighted by Crippen LogP contribution is 2.01. The highest BCUT2D eigenvalue weighted by Gasteiger charge is 2.28. The zero-order chi connectivity index (χ0) is 13.3. The van der Waals surface area contributed by atoms with E-state index >= 15 is 0 Å². The van der Waals surface area contributed by atoms with Gasteiger partial charge in [-0.15, -0.1) is 0 Å². The van der Waals surface area contributed by atoms with Gasteiger partial charge >= 0.3 is 0 Å². The maximum absolute atomic E-state index is 10.0. The summed E-state index contributed by atoms with van der Waals surface area (Å²) in [4.78, 5) is 10.0. The van der Waals surface area contributed by atoms with Gasteiger partial charge in [0, 0.05) is 0 Å². The second-order valence-electron chi connectivity index (χ2n) is 2.90. The summed E-state index contributed by atoms with van der Waals surface area (Å²) in [5.41, 5.74) is 14.0. The van der Waals surface area contributed by atoms with Crippen LogP contribution in [-0.4, -0.2) is 63.6 Å². The molecule has 0 radical (unpaired) electrons. The topological polar surface area (TPSA) is 200 Å². The van der Waals surface area contributed by atoms with Crippen molar-refractivity contribution in [1.82, 2.24) is 0 Å². The average Bonchev–Trinajstić information content (AvgIpc) is 2.24. The fourth-order valence-corrected chi connectivity index (χ4v) is 0.644. The normalized spacial score (nSPS) is 17.3. The van der Waals surface area contributed by atoms with Crippen molar-refractivity contribution in [3.63, 3.8) is 0 Å². The van der Waals surface area contributed by atoms with Crippen LogP contribution in [0.3, 0.4) is 0 Å². The maximum atomic E-state index is 10.0. The molecule has 16 heavy (non-hydrogen) atoms. The van der Waals surface area contributed by atoms with Gasteiger partial charge in [0.2, 0.25) is 0 Å². The van der Waals surface area contributed by atoms with E-state index < -0.39 is 31.0 Å². The van der Waals surface area contributed by atoms with Crippen LogP contribution in [0.5, 0.6) is 0 Å². The van der Waals surface area contributed by atoms with E-state index in [1.54, 1.807) is 0 Å². The summed E-state index contributed by atoms with van der Waals surface area (Å²) in [5.74, 6) is -0.333. The number of nitrogens with two attached hydrogens (primary N) is 3. The first-order chi connectivity index (χ1) is 7.27. The van der Waals surface area contributed by atoms with Crippen molar-refractivity contribution >= 4 is 12.2 Å². The monoisotopic (exact) mass is 238 g/mol. The van der Waals surface area contributed by atoms with E-state index in [1.165, 1.54) is 0 Å². The van der Waals surface area contributed by atoms with Gasteiger partial charge in [-0.05, 0) is 0 Å². The van der Waals surface area contributed by atoms with Crippen LogP contribution in [0.1, 0.15) is 0 Å². The summed E-state index contributed by atoms with van der Waals surface area (Å²) in [6, 6.07) is -1.26. The Morgan fingerprint density at radius 3 is 1.88 bits per heavy atom. The molecule has 0 unspecified atom stereocenters. The lowest BCUT2D eigenvalue weighted by atomic mass is 10.0. The zero-order valence-corrected chi connectivity index (χ0v) is 8.52. The molecule has 0 spiro atoms. The molecule has 9 nitrogen and oxygen atoms in total. The Kier molecular flexibility index (Phi) is 9.65. The van der Waals surface area contributed by atoms with E-state index in [4.69, 9.17) is 31.6 Å². The van der Waals surface area contributed by atoms with Crippen LogP contribution in [0.15, 0.2) is 0 Å². The van der Waals surface area contributed by atoms with Gasteiger partial charge in [-0.1, -0.05) is 0 Å². The van der Waals surface area contributed by atoms with E-state index in [0.29, 0.717) is 0 Å². The van der Waals surface area contributed by atoms with Crippen LogP contribution in [0.2, 0.25) is 0 Å². The quantitative estimate of drug-likeness (QED) is 0.133. The molecular formula is C7H18N4O5. The molecule has 4 atom stereocenters. The van der Waals surface area contributed by atoms with Crippen LogP contribution >= 0.6 is 0 Å². The molecule has 0 fully saturated rings. The summed E-state index contributed by atoms with van der Waals surface area (Å²) >= 11 is 0. The summed E-state index contributed by atoms with van der Waals surface area (Å²) < 4.78 is 0. The molecule has 0 amide bonds. The number of guanidine groups is 1. The Balaban J connectivity index is 0. The number of rotatable bonds is 5. The number of hydrogen-bond donors (Lipinski definition) is 8. The minimum absolute atomic E-state index is 0.248. The Labute approximate surface area is 92.0 Å². The SMILES string of the molecule is N=C(N)N.N[C@@H](C=O)[C@@H](O)[C@H](O)[C@H](O)CO. The third-order valence-corrected chi connectivity index (χ3v) is 1.48. The molecule has 11 N–H and O–H groups in total. The summed E-state index contributed by atoms with van der Waals surface area (Å²) in [6.45, 7) is -0.705. The van der Waals surface area contributed by atoms with E-state index in [1.807, 2.05) is 0 Å². The van der Waals surface area contributed by atoms with Crippen LogP contribution in [0.25, 0.3) is 0 Å². The molecule has 0 aliphatic heterocycles. The molecule has 9 heteroatoms. The van der Waals surface area contributed by atoms with Gasteiger partial charge in [0.1, 0.15) is 24.6 Å². The number of hydrogen-bond acceptors (Lipinski definition) is 7. The highest BCUT2D eigenvalue weighted by molar-refractivity contribution is 5.71. The molecule has 0 aliphatic rings. The van der Waals surface area contributed by atoms with E-state index in [-0.39, 0.29) is 12.2 Å². The Morgan fingerprint density at radius 1 is 1.25 bits per heavy atom. The van der Waals surface area contributed by atoms with Gasteiger partial charge < -0.3 is 42.4 Å². The van der Waals surface area contributed by atoms with Gasteiger partial charge in [0.25, 0.3) is 0 Å². The fourth-order valence-electron chi connectivity index (χ4n) is 0.644. The maximum Gasteiger partial charge on any atom is 0.183 e. The van der Waals surface area contributed by atoms with Gasteiger partial charge in [-0.2, -0.15) is 0 Å². The lowest BCUT2D eigenvalue weighted by molar-refractivity contribution is -0.118. The van der Waals surface area contributed by atoms with Crippen molar-refractivity contribution < 1.29 is 25.2 Å². The molecule has 0 aliphatic carbocycles. The summed E-state index contributed by atoms with van der Waals surface area (Å²) in [6.07, 6.45) is -4.43. The van der Waals surface area contributed by atoms with Crippen LogP contribution in [-0.2, 0) is 4.79 Å². The number of aldehydes is 1. The van der Waals surface area contributed by atoms with Crippen molar-refractivity contribution in [3.05, 3.63) is 0 Å².